The molecule has 0 unspecified atom stereocenters. The summed E-state index contributed by atoms with van der Waals surface area (Å²) < 4.78 is 17.8. The second-order valence-electron chi connectivity index (χ2n) is 18.6. The minimum absolute atomic E-state index is 0.0180. The van der Waals surface area contributed by atoms with E-state index in [0.717, 1.165) is 18.4 Å². The predicted molar refractivity (Wildman–Crippen MR) is 240 cm³/mol. The molecule has 2 aromatic rings. The predicted octanol–water partition coefficient (Wildman–Crippen LogP) is 4.01. The number of guanidine groups is 1. The van der Waals surface area contributed by atoms with Gasteiger partial charge in [0.2, 0.25) is 17.7 Å². The van der Waals surface area contributed by atoms with E-state index in [1.807, 2.05) is 95.8 Å². The first-order chi connectivity index (χ1) is 29.8. The lowest BCUT2D eigenvalue weighted by Gasteiger charge is -2.41. The molecule has 18 heteroatoms. The summed E-state index contributed by atoms with van der Waals surface area (Å²) in [5.41, 5.74) is 0.419. The van der Waals surface area contributed by atoms with Gasteiger partial charge in [-0.2, -0.15) is 5.21 Å². The molecular formula is C45H75N11O7. The quantitative estimate of drug-likeness (QED) is 0.162. The second kappa shape index (κ2) is 23.2. The van der Waals surface area contributed by atoms with Crippen LogP contribution >= 0.6 is 0 Å². The summed E-state index contributed by atoms with van der Waals surface area (Å²) >= 11 is 0. The molecule has 2 N–H and O–H groups in total. The minimum atomic E-state index is -0.721. The van der Waals surface area contributed by atoms with E-state index >= 15 is 0 Å². The number of aliphatic imine (C=N–C) groups is 1. The average molecular weight is 882 g/mol. The first kappa shape index (κ1) is 50.8. The number of methoxy groups -OCH3 is 2. The number of nitrogens with one attached hydrogen (secondary N) is 2. The number of carbonyl (C=O) groups is 4. The smallest absolute Gasteiger partial charge is 0.410 e. The third-order valence-electron chi connectivity index (χ3n) is 12.3. The fourth-order valence-corrected chi connectivity index (χ4v) is 8.70. The number of ether oxygens (including phenoxy) is 3. The van der Waals surface area contributed by atoms with Crippen molar-refractivity contribution in [2.45, 2.75) is 129 Å². The van der Waals surface area contributed by atoms with Gasteiger partial charge in [0.05, 0.1) is 42.7 Å². The Hall–Kier alpha value is -4.84. The molecular weight excluding hydrogens is 807 g/mol. The molecule has 3 heterocycles. The number of H-pyrrole nitrogens is 1. The van der Waals surface area contributed by atoms with Crippen molar-refractivity contribution in [3.8, 4) is 0 Å². The number of hydrogen-bond acceptors (Lipinski definition) is 11. The standard InChI is InChI=1S/C45H75N11O7/c1-14-30(4)38(53(11)42(59)37(29(2)3)47-43(52(9)10)54-23-25-55(26-24-54)44(60)63-45(6,7)8)35(61-12)28-36(57)56-22-18-21-34(56)39(62-13)31(5)41(58)46-33(40-48-50-51-49-40)27-32-19-16-15-17-20-32/h15-17,19-20,29-31,33-35,37-39H,14,18,21-28H2,1-13H3,(H,46,58)(H,48,49,50,51)/b47-43+/t30-,31+,33-,34-,35+,37-,38-,39+/m0/s1. The van der Waals surface area contributed by atoms with Crippen molar-refractivity contribution < 1.29 is 33.4 Å². The molecule has 0 radical (unpaired) electrons. The van der Waals surface area contributed by atoms with Crippen LogP contribution in [0.15, 0.2) is 35.3 Å². The number of tetrazole rings is 1. The lowest BCUT2D eigenvalue weighted by molar-refractivity contribution is -0.146. The van der Waals surface area contributed by atoms with E-state index in [1.54, 1.807) is 31.1 Å². The maximum Gasteiger partial charge on any atom is 0.410 e. The van der Waals surface area contributed by atoms with Crippen molar-refractivity contribution in [1.29, 1.82) is 0 Å². The number of piperazine rings is 1. The lowest BCUT2D eigenvalue weighted by Crippen LogP contribution is -2.56. The molecule has 63 heavy (non-hydrogen) atoms. The fraction of sp³-hybridized carbons (Fsp3) is 0.733. The van der Waals surface area contributed by atoms with Gasteiger partial charge in [-0.3, -0.25) is 14.4 Å². The molecule has 18 nitrogen and oxygen atoms in total. The van der Waals surface area contributed by atoms with E-state index in [4.69, 9.17) is 19.2 Å². The Morgan fingerprint density at radius 1 is 0.952 bits per heavy atom. The van der Waals surface area contributed by atoms with Gasteiger partial charge < -0.3 is 44.0 Å². The van der Waals surface area contributed by atoms with Crippen molar-refractivity contribution in [3.05, 3.63) is 41.7 Å². The third-order valence-corrected chi connectivity index (χ3v) is 12.3. The Bertz CT molecular complexity index is 1780. The Morgan fingerprint density at radius 3 is 2.14 bits per heavy atom. The SMILES string of the molecule is CC[C@H](C)[C@@H]([C@@H](CC(=O)N1CCC[C@H]1[C@H](OC)[C@@H](C)C(=O)N[C@@H](Cc1ccccc1)c1nn[nH]n1)OC)N(C)C(=O)[C@@H](/N=C(\N(C)C)N1CCN(C(=O)OC(C)(C)C)CC1)C(C)C. The zero-order chi connectivity index (χ0) is 46.6. The van der Waals surface area contributed by atoms with Crippen molar-refractivity contribution in [3.63, 3.8) is 0 Å². The summed E-state index contributed by atoms with van der Waals surface area (Å²) in [7, 11) is 8.77. The maximum absolute atomic E-state index is 14.7. The molecule has 0 saturated carbocycles. The van der Waals surface area contributed by atoms with Gasteiger partial charge in [-0.15, -0.1) is 10.2 Å². The van der Waals surface area contributed by atoms with Crippen molar-refractivity contribution in [2.75, 3.05) is 68.1 Å². The number of amides is 4. The Morgan fingerprint density at radius 2 is 1.60 bits per heavy atom. The van der Waals surface area contributed by atoms with Gasteiger partial charge in [0.15, 0.2) is 11.8 Å². The van der Waals surface area contributed by atoms with Gasteiger partial charge >= 0.3 is 6.09 Å². The molecule has 0 bridgehead atoms. The fourth-order valence-electron chi connectivity index (χ4n) is 8.70. The molecule has 2 saturated heterocycles. The Labute approximate surface area is 374 Å². The highest BCUT2D eigenvalue weighted by molar-refractivity contribution is 5.88. The number of hydrogen-bond donors (Lipinski definition) is 2. The Balaban J connectivity index is 1.49. The summed E-state index contributed by atoms with van der Waals surface area (Å²) in [5.74, 6) is -0.290. The molecule has 4 amide bonds. The second-order valence-corrected chi connectivity index (χ2v) is 18.6. The van der Waals surface area contributed by atoms with Gasteiger partial charge in [0.25, 0.3) is 0 Å². The molecule has 4 rings (SSSR count). The van der Waals surface area contributed by atoms with E-state index in [1.165, 1.54) is 0 Å². The highest BCUT2D eigenvalue weighted by Gasteiger charge is 2.43. The van der Waals surface area contributed by atoms with E-state index in [2.05, 4.69) is 44.7 Å². The van der Waals surface area contributed by atoms with E-state index in [9.17, 15) is 19.2 Å². The summed E-state index contributed by atoms with van der Waals surface area (Å²) in [4.78, 5) is 70.3. The summed E-state index contributed by atoms with van der Waals surface area (Å²) in [6.07, 6.45) is 1.12. The average Bonchev–Trinajstić information content (AvgIpc) is 3.97. The Kier molecular flexibility index (Phi) is 18.7. The highest BCUT2D eigenvalue weighted by Crippen LogP contribution is 2.30. The van der Waals surface area contributed by atoms with Crippen molar-refractivity contribution in [1.82, 2.24) is 50.4 Å². The molecule has 0 spiro atoms. The van der Waals surface area contributed by atoms with Crippen LogP contribution in [-0.2, 0) is 35.0 Å². The molecule has 1 aromatic carbocycles. The molecule has 352 valence electrons. The minimum Gasteiger partial charge on any atom is -0.444 e. The number of rotatable bonds is 18. The number of aromatic nitrogens is 4. The number of aromatic amines is 1. The molecule has 2 aliphatic heterocycles. The van der Waals surface area contributed by atoms with Gasteiger partial charge in [-0.05, 0) is 51.0 Å². The van der Waals surface area contributed by atoms with Crippen LogP contribution in [0.5, 0.6) is 0 Å². The van der Waals surface area contributed by atoms with E-state index < -0.39 is 41.9 Å². The lowest BCUT2D eigenvalue weighted by atomic mass is 9.89. The summed E-state index contributed by atoms with van der Waals surface area (Å²) in [5, 5.41) is 17.6. The van der Waals surface area contributed by atoms with Crippen LogP contribution in [0.4, 0.5) is 4.79 Å². The summed E-state index contributed by atoms with van der Waals surface area (Å²) in [6, 6.07) is 7.73. The van der Waals surface area contributed by atoms with Gasteiger partial charge in [-0.1, -0.05) is 76.6 Å². The molecule has 8 atom stereocenters. The largest absolute Gasteiger partial charge is 0.444 e. The van der Waals surface area contributed by atoms with E-state index in [-0.39, 0.29) is 48.1 Å². The topological polar surface area (TPSA) is 191 Å². The van der Waals surface area contributed by atoms with Crippen LogP contribution in [0.1, 0.15) is 98.5 Å². The molecule has 1 aromatic heterocycles. The number of likely N-dealkylation sites (N-methyl/N-ethyl adjacent to an activating group) is 1. The zero-order valence-corrected chi connectivity index (χ0v) is 40.0. The summed E-state index contributed by atoms with van der Waals surface area (Å²) in [6.45, 7) is 18.0. The molecule has 0 aliphatic carbocycles. The van der Waals surface area contributed by atoms with Crippen LogP contribution in [0.3, 0.4) is 0 Å². The van der Waals surface area contributed by atoms with Gasteiger partial charge in [-0.25, -0.2) is 9.79 Å². The number of likely N-dealkylation sites (tertiary alicyclic amines) is 1. The third kappa shape index (κ3) is 13.6. The van der Waals surface area contributed by atoms with Gasteiger partial charge in [0, 0.05) is 74.5 Å². The number of carbonyl (C=O) groups excluding carboxylic acids is 4. The molecule has 2 aliphatic rings. The van der Waals surface area contributed by atoms with Crippen LogP contribution < -0.4 is 5.32 Å². The zero-order valence-electron chi connectivity index (χ0n) is 40.0. The number of benzene rings is 1. The first-order valence-electron chi connectivity index (χ1n) is 22.5. The van der Waals surface area contributed by atoms with Crippen LogP contribution in [0.25, 0.3) is 0 Å². The maximum atomic E-state index is 14.7. The first-order valence-corrected chi connectivity index (χ1v) is 22.5. The normalized spacial score (nSPS) is 19.5. The van der Waals surface area contributed by atoms with Crippen LogP contribution in [0.2, 0.25) is 0 Å². The number of nitrogens with zero attached hydrogens (tertiary/aromatic N) is 9. The van der Waals surface area contributed by atoms with Crippen molar-refractivity contribution in [2.24, 2.45) is 22.7 Å². The highest BCUT2D eigenvalue weighted by atomic mass is 16.6. The van der Waals surface area contributed by atoms with Crippen LogP contribution in [0, 0.1) is 17.8 Å². The van der Waals surface area contributed by atoms with Crippen molar-refractivity contribution >= 4 is 29.8 Å². The monoisotopic (exact) mass is 882 g/mol. The van der Waals surface area contributed by atoms with Crippen LogP contribution in [-0.4, -0.2) is 179 Å². The van der Waals surface area contributed by atoms with Gasteiger partial charge in [0.1, 0.15) is 11.6 Å². The molecule has 2 fully saturated rings. The van der Waals surface area contributed by atoms with E-state index in [0.29, 0.717) is 57.3 Å².